The van der Waals surface area contributed by atoms with Gasteiger partial charge in [-0.3, -0.25) is 4.79 Å². The van der Waals surface area contributed by atoms with Crippen molar-refractivity contribution < 1.29 is 4.79 Å². The van der Waals surface area contributed by atoms with Crippen LogP contribution < -0.4 is 10.6 Å². The van der Waals surface area contributed by atoms with Gasteiger partial charge in [0.1, 0.15) is 0 Å². The number of nitrogens with one attached hydrogen (secondary N) is 2. The number of halogens is 1. The second-order valence-electron chi connectivity index (χ2n) is 5.13. The smallest absolute Gasteiger partial charge is 0.221 e. The Labute approximate surface area is 112 Å². The van der Waals surface area contributed by atoms with E-state index in [9.17, 15) is 4.79 Å². The van der Waals surface area contributed by atoms with E-state index in [4.69, 9.17) is 0 Å². The summed E-state index contributed by atoms with van der Waals surface area (Å²) in [4.78, 5) is 11.4. The summed E-state index contributed by atoms with van der Waals surface area (Å²) >= 11 is 0. The minimum Gasteiger partial charge on any atom is -0.356 e. The molecule has 0 heterocycles. The lowest BCUT2D eigenvalue weighted by atomic mass is 9.81. The topological polar surface area (TPSA) is 41.1 Å². The molecule has 0 bridgehead atoms. The van der Waals surface area contributed by atoms with Crippen LogP contribution in [0.15, 0.2) is 0 Å². The SMILES string of the molecule is CNCCC(=O)NCCC1CCCC(C)C1.Cl. The van der Waals surface area contributed by atoms with Gasteiger partial charge in [0.15, 0.2) is 0 Å². The van der Waals surface area contributed by atoms with E-state index in [0.29, 0.717) is 6.42 Å². The van der Waals surface area contributed by atoms with E-state index in [1.54, 1.807) is 0 Å². The van der Waals surface area contributed by atoms with Crippen molar-refractivity contribution in [3.05, 3.63) is 0 Å². The van der Waals surface area contributed by atoms with Crippen LogP contribution in [-0.2, 0) is 4.79 Å². The first-order valence-corrected chi connectivity index (χ1v) is 6.63. The molecule has 0 aliphatic heterocycles. The van der Waals surface area contributed by atoms with Gasteiger partial charge in [-0.25, -0.2) is 0 Å². The Morgan fingerprint density at radius 2 is 2.06 bits per heavy atom. The minimum absolute atomic E-state index is 0. The third kappa shape index (κ3) is 7.61. The third-order valence-electron chi connectivity index (χ3n) is 3.52. The molecule has 1 saturated carbocycles. The lowest BCUT2D eigenvalue weighted by Gasteiger charge is -2.26. The number of amides is 1. The normalized spacial score (nSPS) is 23.9. The van der Waals surface area contributed by atoms with Crippen LogP contribution in [-0.4, -0.2) is 26.0 Å². The van der Waals surface area contributed by atoms with Gasteiger partial charge in [0, 0.05) is 19.5 Å². The Morgan fingerprint density at radius 3 is 2.71 bits per heavy atom. The van der Waals surface area contributed by atoms with Crippen molar-refractivity contribution in [2.45, 2.75) is 45.4 Å². The molecule has 0 spiro atoms. The molecule has 1 aliphatic carbocycles. The van der Waals surface area contributed by atoms with E-state index >= 15 is 0 Å². The Bertz CT molecular complexity index is 212. The molecule has 0 aromatic heterocycles. The van der Waals surface area contributed by atoms with Gasteiger partial charge in [-0.05, 0) is 31.7 Å². The van der Waals surface area contributed by atoms with Crippen LogP contribution in [0.2, 0.25) is 0 Å². The fourth-order valence-corrected chi connectivity index (χ4v) is 2.56. The summed E-state index contributed by atoms with van der Waals surface area (Å²) in [5.74, 6) is 1.91. The van der Waals surface area contributed by atoms with Crippen molar-refractivity contribution in [2.75, 3.05) is 20.1 Å². The highest BCUT2D eigenvalue weighted by atomic mass is 35.5. The van der Waals surface area contributed by atoms with Gasteiger partial charge in [0.2, 0.25) is 5.91 Å². The Balaban J connectivity index is 0.00000256. The molecule has 1 fully saturated rings. The molecular formula is C13H27ClN2O. The Morgan fingerprint density at radius 1 is 1.29 bits per heavy atom. The first kappa shape index (κ1) is 16.7. The van der Waals surface area contributed by atoms with Crippen LogP contribution in [0.1, 0.15) is 45.4 Å². The van der Waals surface area contributed by atoms with Crippen molar-refractivity contribution in [3.8, 4) is 0 Å². The number of hydrogen-bond acceptors (Lipinski definition) is 2. The first-order chi connectivity index (χ1) is 7.72. The van der Waals surface area contributed by atoms with Crippen molar-refractivity contribution in [3.63, 3.8) is 0 Å². The predicted molar refractivity (Wildman–Crippen MR) is 74.5 cm³/mol. The van der Waals surface area contributed by atoms with E-state index in [1.807, 2.05) is 7.05 Å². The molecule has 2 atom stereocenters. The Hall–Kier alpha value is -0.280. The summed E-state index contributed by atoms with van der Waals surface area (Å²) in [5, 5.41) is 5.98. The quantitative estimate of drug-likeness (QED) is 0.772. The first-order valence-electron chi connectivity index (χ1n) is 6.63. The second-order valence-corrected chi connectivity index (χ2v) is 5.13. The number of carbonyl (C=O) groups excluding carboxylic acids is 1. The van der Waals surface area contributed by atoms with Crippen LogP contribution >= 0.6 is 12.4 Å². The summed E-state index contributed by atoms with van der Waals surface area (Å²) in [6.45, 7) is 3.98. The number of carbonyl (C=O) groups is 1. The fourth-order valence-electron chi connectivity index (χ4n) is 2.56. The maximum atomic E-state index is 11.4. The Kier molecular flexibility index (Phi) is 9.56. The van der Waals surface area contributed by atoms with E-state index in [1.165, 1.54) is 25.7 Å². The molecule has 2 N–H and O–H groups in total. The maximum Gasteiger partial charge on any atom is 0.221 e. The molecule has 0 radical (unpaired) electrons. The monoisotopic (exact) mass is 262 g/mol. The van der Waals surface area contributed by atoms with E-state index in [0.717, 1.165) is 31.3 Å². The second kappa shape index (κ2) is 9.72. The molecule has 17 heavy (non-hydrogen) atoms. The van der Waals surface area contributed by atoms with E-state index in [2.05, 4.69) is 17.6 Å². The summed E-state index contributed by atoms with van der Waals surface area (Å²) < 4.78 is 0. The van der Waals surface area contributed by atoms with Gasteiger partial charge in [0.25, 0.3) is 0 Å². The lowest BCUT2D eigenvalue weighted by molar-refractivity contribution is -0.121. The molecular weight excluding hydrogens is 236 g/mol. The largest absolute Gasteiger partial charge is 0.356 e. The van der Waals surface area contributed by atoms with Crippen molar-refractivity contribution in [1.82, 2.24) is 10.6 Å². The summed E-state index contributed by atoms with van der Waals surface area (Å²) in [7, 11) is 1.87. The van der Waals surface area contributed by atoms with Gasteiger partial charge < -0.3 is 10.6 Å². The van der Waals surface area contributed by atoms with E-state index in [-0.39, 0.29) is 18.3 Å². The molecule has 102 valence electrons. The molecule has 3 nitrogen and oxygen atoms in total. The predicted octanol–water partition coefficient (Wildman–Crippen LogP) is 2.35. The van der Waals surface area contributed by atoms with Crippen LogP contribution in [0, 0.1) is 11.8 Å². The van der Waals surface area contributed by atoms with E-state index < -0.39 is 0 Å². The van der Waals surface area contributed by atoms with Gasteiger partial charge in [-0.15, -0.1) is 12.4 Å². The van der Waals surface area contributed by atoms with Gasteiger partial charge >= 0.3 is 0 Å². The average molecular weight is 263 g/mol. The average Bonchev–Trinajstić information content (AvgIpc) is 2.26. The molecule has 0 aromatic rings. The highest BCUT2D eigenvalue weighted by molar-refractivity contribution is 5.85. The van der Waals surface area contributed by atoms with Gasteiger partial charge in [-0.1, -0.05) is 26.2 Å². The third-order valence-corrected chi connectivity index (χ3v) is 3.52. The van der Waals surface area contributed by atoms with Gasteiger partial charge in [0.05, 0.1) is 0 Å². The van der Waals surface area contributed by atoms with Crippen molar-refractivity contribution in [1.29, 1.82) is 0 Å². The minimum atomic E-state index is 0. The molecule has 0 saturated heterocycles. The lowest BCUT2D eigenvalue weighted by Crippen LogP contribution is -2.29. The molecule has 1 aliphatic rings. The highest BCUT2D eigenvalue weighted by Crippen LogP contribution is 2.30. The van der Waals surface area contributed by atoms with Crippen molar-refractivity contribution in [2.24, 2.45) is 11.8 Å². The highest BCUT2D eigenvalue weighted by Gasteiger charge is 2.18. The standard InChI is InChI=1S/C13H26N2O.ClH/c1-11-4-3-5-12(10-11)6-9-15-13(16)7-8-14-2;/h11-12,14H,3-10H2,1-2H3,(H,15,16);1H. The fraction of sp³-hybridized carbons (Fsp3) is 0.923. The van der Waals surface area contributed by atoms with Crippen LogP contribution in [0.5, 0.6) is 0 Å². The van der Waals surface area contributed by atoms with Gasteiger partial charge in [-0.2, -0.15) is 0 Å². The zero-order chi connectivity index (χ0) is 11.8. The molecule has 4 heteroatoms. The molecule has 1 amide bonds. The molecule has 0 aromatic carbocycles. The summed E-state index contributed by atoms with van der Waals surface area (Å²) in [6.07, 6.45) is 7.24. The van der Waals surface area contributed by atoms with Crippen LogP contribution in [0.25, 0.3) is 0 Å². The molecule has 1 rings (SSSR count). The molecule has 2 unspecified atom stereocenters. The summed E-state index contributed by atoms with van der Waals surface area (Å²) in [5.41, 5.74) is 0. The van der Waals surface area contributed by atoms with Crippen LogP contribution in [0.3, 0.4) is 0 Å². The maximum absolute atomic E-state index is 11.4. The van der Waals surface area contributed by atoms with Crippen LogP contribution in [0.4, 0.5) is 0 Å². The zero-order valence-electron chi connectivity index (χ0n) is 11.1. The number of rotatable bonds is 6. The summed E-state index contributed by atoms with van der Waals surface area (Å²) in [6, 6.07) is 0. The zero-order valence-corrected chi connectivity index (χ0v) is 11.9. The van der Waals surface area contributed by atoms with Crippen molar-refractivity contribution >= 4 is 18.3 Å². The number of hydrogen-bond donors (Lipinski definition) is 2.